The number of rotatable bonds is 3. The number of urea groups is 1. The van der Waals surface area contributed by atoms with Crippen LogP contribution in [0.2, 0.25) is 0 Å². The molecule has 3 N–H and O–H groups in total. The summed E-state index contributed by atoms with van der Waals surface area (Å²) in [7, 11) is 0. The predicted molar refractivity (Wildman–Crippen MR) is 60.6 cm³/mol. The first-order valence-corrected chi connectivity index (χ1v) is 6.28. The molecule has 92 valence electrons. The van der Waals surface area contributed by atoms with Crippen molar-refractivity contribution in [2.45, 2.75) is 12.5 Å². The normalized spacial score (nSPS) is 18.7. The fourth-order valence-electron chi connectivity index (χ4n) is 1.33. The quantitative estimate of drug-likeness (QED) is 0.631. The summed E-state index contributed by atoms with van der Waals surface area (Å²) in [6.45, 7) is 1.10. The van der Waals surface area contributed by atoms with Gasteiger partial charge in [0.1, 0.15) is 0 Å². The molecule has 1 atom stereocenters. The van der Waals surface area contributed by atoms with Crippen molar-refractivity contribution in [3.8, 4) is 0 Å². The summed E-state index contributed by atoms with van der Waals surface area (Å²) in [5.41, 5.74) is 0. The molecule has 16 heavy (non-hydrogen) atoms. The van der Waals surface area contributed by atoms with Crippen LogP contribution in [0.25, 0.3) is 0 Å². The molecule has 0 saturated carbocycles. The number of nitrogens with one attached hydrogen (secondary N) is 1. The largest absolute Gasteiger partial charge is 0.479 e. The molecule has 1 fully saturated rings. The Labute approximate surface area is 98.0 Å². The molecule has 1 unspecified atom stereocenters. The Morgan fingerprint density at radius 3 is 2.81 bits per heavy atom. The van der Waals surface area contributed by atoms with Crippen molar-refractivity contribution in [3.05, 3.63) is 0 Å². The summed E-state index contributed by atoms with van der Waals surface area (Å²) >= 11 is 1.80. The standard InChI is InChI=1S/C9H16N2O4S/c12-7(8(13)14)6-10-9(15)11-2-1-4-16-5-3-11/h7,12H,1-6H2,(H,10,15)(H,13,14). The predicted octanol–water partition coefficient (Wildman–Crippen LogP) is -0.420. The topological polar surface area (TPSA) is 89.9 Å². The van der Waals surface area contributed by atoms with Crippen molar-refractivity contribution in [1.29, 1.82) is 0 Å². The number of aliphatic carboxylic acids is 1. The molecule has 1 rings (SSSR count). The summed E-state index contributed by atoms with van der Waals surface area (Å²) < 4.78 is 0. The first-order chi connectivity index (χ1) is 7.61. The summed E-state index contributed by atoms with van der Waals surface area (Å²) in [4.78, 5) is 23.6. The molecule has 1 aliphatic heterocycles. The Balaban J connectivity index is 2.30. The highest BCUT2D eigenvalue weighted by Gasteiger charge is 2.18. The maximum absolute atomic E-state index is 11.6. The van der Waals surface area contributed by atoms with Crippen LogP contribution in [0.5, 0.6) is 0 Å². The first-order valence-electron chi connectivity index (χ1n) is 5.12. The summed E-state index contributed by atoms with van der Waals surface area (Å²) in [5.74, 6) is 0.614. The van der Waals surface area contributed by atoms with E-state index in [1.807, 2.05) is 0 Å². The van der Waals surface area contributed by atoms with E-state index in [1.165, 1.54) is 0 Å². The molecule has 0 bridgehead atoms. The number of hydrogen-bond acceptors (Lipinski definition) is 4. The van der Waals surface area contributed by atoms with E-state index >= 15 is 0 Å². The van der Waals surface area contributed by atoms with Crippen molar-refractivity contribution in [2.75, 3.05) is 31.1 Å². The highest BCUT2D eigenvalue weighted by molar-refractivity contribution is 7.99. The lowest BCUT2D eigenvalue weighted by molar-refractivity contribution is -0.146. The highest BCUT2D eigenvalue weighted by atomic mass is 32.2. The molecule has 1 aliphatic rings. The van der Waals surface area contributed by atoms with E-state index < -0.39 is 12.1 Å². The molecule has 0 radical (unpaired) electrons. The third-order valence-corrected chi connectivity index (χ3v) is 3.29. The van der Waals surface area contributed by atoms with Gasteiger partial charge in [-0.25, -0.2) is 9.59 Å². The van der Waals surface area contributed by atoms with Crippen LogP contribution in [-0.2, 0) is 4.79 Å². The van der Waals surface area contributed by atoms with Crippen LogP contribution in [-0.4, -0.2) is 64.4 Å². The average molecular weight is 248 g/mol. The number of carboxylic acids is 1. The van der Waals surface area contributed by atoms with Gasteiger partial charge in [-0.1, -0.05) is 0 Å². The van der Waals surface area contributed by atoms with Crippen molar-refractivity contribution >= 4 is 23.8 Å². The lowest BCUT2D eigenvalue weighted by Crippen LogP contribution is -2.45. The molecule has 0 aromatic rings. The summed E-state index contributed by atoms with van der Waals surface area (Å²) in [5, 5.41) is 19.8. The first kappa shape index (κ1) is 13.1. The summed E-state index contributed by atoms with van der Waals surface area (Å²) in [6, 6.07) is -0.303. The number of aliphatic hydroxyl groups excluding tert-OH is 1. The van der Waals surface area contributed by atoms with Crippen molar-refractivity contribution < 1.29 is 19.8 Å². The SMILES string of the molecule is O=C(O)C(O)CNC(=O)N1CCCSCC1. The van der Waals surface area contributed by atoms with Crippen LogP contribution in [0.4, 0.5) is 4.79 Å². The number of carbonyl (C=O) groups excluding carboxylic acids is 1. The number of aliphatic hydroxyl groups is 1. The zero-order valence-electron chi connectivity index (χ0n) is 8.89. The van der Waals surface area contributed by atoms with Crippen molar-refractivity contribution in [3.63, 3.8) is 0 Å². The minimum atomic E-state index is -1.54. The molecule has 0 aromatic heterocycles. The maximum Gasteiger partial charge on any atom is 0.334 e. The number of nitrogens with zero attached hydrogens (tertiary/aromatic N) is 1. The van der Waals surface area contributed by atoms with E-state index in [4.69, 9.17) is 10.2 Å². The molecule has 1 heterocycles. The van der Waals surface area contributed by atoms with Gasteiger partial charge < -0.3 is 20.4 Å². The van der Waals surface area contributed by atoms with Gasteiger partial charge in [0.2, 0.25) is 0 Å². The molecular formula is C9H16N2O4S. The lowest BCUT2D eigenvalue weighted by atomic mass is 10.3. The van der Waals surface area contributed by atoms with Crippen LogP contribution in [0.15, 0.2) is 0 Å². The Kier molecular flexibility index (Phi) is 5.41. The Morgan fingerprint density at radius 2 is 2.12 bits per heavy atom. The fourth-order valence-corrected chi connectivity index (χ4v) is 2.22. The van der Waals surface area contributed by atoms with Gasteiger partial charge in [0.15, 0.2) is 6.10 Å². The van der Waals surface area contributed by atoms with Gasteiger partial charge in [-0.05, 0) is 12.2 Å². The molecule has 0 spiro atoms. The van der Waals surface area contributed by atoms with Crippen LogP contribution in [0.3, 0.4) is 0 Å². The number of carboxylic acid groups (broad SMARTS) is 1. The van der Waals surface area contributed by atoms with Gasteiger partial charge >= 0.3 is 12.0 Å². The fraction of sp³-hybridized carbons (Fsp3) is 0.778. The smallest absolute Gasteiger partial charge is 0.334 e. The zero-order chi connectivity index (χ0) is 12.0. The number of thioether (sulfide) groups is 1. The Bertz CT molecular complexity index is 254. The maximum atomic E-state index is 11.6. The molecule has 0 aromatic carbocycles. The second kappa shape index (κ2) is 6.59. The Hall–Kier alpha value is -0.950. The average Bonchev–Trinajstić information content (AvgIpc) is 2.53. The van der Waals surface area contributed by atoms with Gasteiger partial charge in [0.25, 0.3) is 0 Å². The minimum absolute atomic E-state index is 0.252. The van der Waals surface area contributed by atoms with Crippen LogP contribution < -0.4 is 5.32 Å². The van der Waals surface area contributed by atoms with E-state index in [0.717, 1.165) is 17.9 Å². The zero-order valence-corrected chi connectivity index (χ0v) is 9.70. The molecule has 7 heteroatoms. The molecule has 1 saturated heterocycles. The van der Waals surface area contributed by atoms with Gasteiger partial charge in [0.05, 0.1) is 6.54 Å². The number of carbonyl (C=O) groups is 2. The molecule has 2 amide bonds. The molecule has 6 nitrogen and oxygen atoms in total. The van der Waals surface area contributed by atoms with Crippen LogP contribution >= 0.6 is 11.8 Å². The van der Waals surface area contributed by atoms with Gasteiger partial charge in [0, 0.05) is 18.8 Å². The van der Waals surface area contributed by atoms with Gasteiger partial charge in [-0.15, -0.1) is 0 Å². The van der Waals surface area contributed by atoms with Gasteiger partial charge in [-0.2, -0.15) is 11.8 Å². The van der Waals surface area contributed by atoms with Gasteiger partial charge in [-0.3, -0.25) is 0 Å². The van der Waals surface area contributed by atoms with Crippen LogP contribution in [0.1, 0.15) is 6.42 Å². The monoisotopic (exact) mass is 248 g/mol. The van der Waals surface area contributed by atoms with Crippen molar-refractivity contribution in [2.24, 2.45) is 0 Å². The lowest BCUT2D eigenvalue weighted by Gasteiger charge is -2.20. The Morgan fingerprint density at radius 1 is 1.38 bits per heavy atom. The molecular weight excluding hydrogens is 232 g/mol. The van der Waals surface area contributed by atoms with E-state index in [1.54, 1.807) is 16.7 Å². The van der Waals surface area contributed by atoms with E-state index in [-0.39, 0.29) is 12.6 Å². The summed E-state index contributed by atoms with van der Waals surface area (Å²) in [6.07, 6.45) is -0.593. The second-order valence-electron chi connectivity index (χ2n) is 3.49. The van der Waals surface area contributed by atoms with Crippen molar-refractivity contribution in [1.82, 2.24) is 10.2 Å². The minimum Gasteiger partial charge on any atom is -0.479 e. The number of hydrogen-bond donors (Lipinski definition) is 3. The highest BCUT2D eigenvalue weighted by Crippen LogP contribution is 2.09. The van der Waals surface area contributed by atoms with E-state index in [0.29, 0.717) is 13.1 Å². The number of amides is 2. The molecule has 0 aliphatic carbocycles. The third kappa shape index (κ3) is 4.28. The van der Waals surface area contributed by atoms with E-state index in [2.05, 4.69) is 5.32 Å². The second-order valence-corrected chi connectivity index (χ2v) is 4.72. The third-order valence-electron chi connectivity index (χ3n) is 2.24. The van der Waals surface area contributed by atoms with E-state index in [9.17, 15) is 9.59 Å². The van der Waals surface area contributed by atoms with Crippen LogP contribution in [0, 0.1) is 0 Å².